The number of anilines is 2. The van der Waals surface area contributed by atoms with Gasteiger partial charge in [0.05, 0.1) is 26.0 Å². The van der Waals surface area contributed by atoms with Gasteiger partial charge in [0, 0.05) is 12.0 Å². The Morgan fingerprint density at radius 1 is 1.16 bits per heavy atom. The summed E-state index contributed by atoms with van der Waals surface area (Å²) in [4.78, 5) is 12.7. The van der Waals surface area contributed by atoms with Gasteiger partial charge < -0.3 is 15.2 Å². The largest absolute Gasteiger partial charge is 0.493 e. The van der Waals surface area contributed by atoms with Crippen molar-refractivity contribution < 1.29 is 22.7 Å². The highest BCUT2D eigenvalue weighted by Gasteiger charge is 2.19. The van der Waals surface area contributed by atoms with Crippen molar-refractivity contribution in [2.45, 2.75) is 45.6 Å². The van der Waals surface area contributed by atoms with E-state index in [0.717, 1.165) is 6.26 Å². The van der Waals surface area contributed by atoms with E-state index in [4.69, 9.17) is 4.74 Å². The van der Waals surface area contributed by atoms with Gasteiger partial charge in [-0.05, 0) is 24.3 Å². The molecule has 3 N–H and O–H groups in total. The van der Waals surface area contributed by atoms with E-state index in [1.807, 2.05) is 20.8 Å². The Hall–Kier alpha value is -2.53. The maximum absolute atomic E-state index is 14.1. The fraction of sp³-hybridized carbons (Fsp3) is 0.550. The third-order valence-electron chi connectivity index (χ3n) is 4.49. The molecule has 0 amide bonds. The van der Waals surface area contributed by atoms with Gasteiger partial charge in [0.2, 0.25) is 21.9 Å². The lowest BCUT2D eigenvalue weighted by Gasteiger charge is -2.19. The molecule has 0 bridgehead atoms. The average Bonchev–Trinajstić information content (AvgIpc) is 2.65. The van der Waals surface area contributed by atoms with Crippen LogP contribution in [0.1, 0.15) is 44.5 Å². The minimum absolute atomic E-state index is 0.130. The number of ether oxygens (including phenoxy) is 1. The first-order chi connectivity index (χ1) is 14.5. The monoisotopic (exact) mass is 455 g/mol. The summed E-state index contributed by atoms with van der Waals surface area (Å²) in [6.45, 7) is 5.78. The van der Waals surface area contributed by atoms with Crippen molar-refractivity contribution in [3.8, 4) is 5.75 Å². The van der Waals surface area contributed by atoms with Crippen molar-refractivity contribution in [3.63, 3.8) is 0 Å². The zero-order chi connectivity index (χ0) is 23.2. The summed E-state index contributed by atoms with van der Waals surface area (Å²) in [7, 11) is -2.21. The van der Waals surface area contributed by atoms with Crippen LogP contribution in [0.15, 0.2) is 18.2 Å². The highest BCUT2D eigenvalue weighted by atomic mass is 32.2. The molecule has 0 radical (unpaired) electrons. The molecule has 0 saturated carbocycles. The van der Waals surface area contributed by atoms with Gasteiger partial charge >= 0.3 is 0 Å². The maximum Gasteiger partial charge on any atom is 0.241 e. The second-order valence-corrected chi connectivity index (χ2v) is 9.64. The Bertz CT molecular complexity index is 988. The summed E-state index contributed by atoms with van der Waals surface area (Å²) in [5.74, 6) is 0.0989. The quantitative estimate of drug-likeness (QED) is 0.472. The fourth-order valence-electron chi connectivity index (χ4n) is 3.23. The molecule has 0 aliphatic carbocycles. The Kier molecular flexibility index (Phi) is 8.52. The number of nitrogens with one attached hydrogen (secondary N) is 2. The number of aromatic nitrogens is 3. The Morgan fingerprint density at radius 3 is 2.42 bits per heavy atom. The summed E-state index contributed by atoms with van der Waals surface area (Å²) in [6.07, 6.45) is 1.95. The van der Waals surface area contributed by atoms with Gasteiger partial charge in [-0.25, -0.2) is 12.8 Å². The second kappa shape index (κ2) is 10.7. The van der Waals surface area contributed by atoms with Gasteiger partial charge in [0.25, 0.3) is 0 Å². The Balaban J connectivity index is 2.37. The zero-order valence-corrected chi connectivity index (χ0v) is 19.2. The van der Waals surface area contributed by atoms with Crippen LogP contribution >= 0.6 is 0 Å². The van der Waals surface area contributed by atoms with Crippen LogP contribution in [0.5, 0.6) is 5.75 Å². The number of halogens is 1. The van der Waals surface area contributed by atoms with Crippen molar-refractivity contribution in [3.05, 3.63) is 35.4 Å². The van der Waals surface area contributed by atoms with Crippen LogP contribution in [0.2, 0.25) is 0 Å². The zero-order valence-electron chi connectivity index (χ0n) is 18.4. The van der Waals surface area contributed by atoms with E-state index in [9.17, 15) is 17.9 Å². The first kappa shape index (κ1) is 24.7. The molecular formula is C20H30FN5O4S. The minimum atomic E-state index is -3.61. The number of hydrogen-bond acceptors (Lipinski definition) is 8. The lowest BCUT2D eigenvalue weighted by Crippen LogP contribution is -2.27. The standard InChI is InChI=1S/C20H30FN5O4S/c1-12(2)9-14(11-27)22-19-23-17(24-20(25-19)26-31(5,28)29)10-13(3)15-7-6-8-16(21)18(15)30-4/h6-8,12-14,27H,9-11H2,1-5H3,(H2,22,23,24,25,26). The van der Waals surface area contributed by atoms with Gasteiger partial charge in [-0.15, -0.1) is 0 Å². The highest BCUT2D eigenvalue weighted by Crippen LogP contribution is 2.31. The first-order valence-corrected chi connectivity index (χ1v) is 11.8. The van der Waals surface area contributed by atoms with E-state index in [-0.39, 0.29) is 42.6 Å². The van der Waals surface area contributed by atoms with Crippen molar-refractivity contribution >= 4 is 21.9 Å². The third-order valence-corrected chi connectivity index (χ3v) is 5.04. The molecule has 0 saturated heterocycles. The molecule has 0 aliphatic rings. The molecule has 0 fully saturated rings. The molecule has 2 unspecified atom stereocenters. The van der Waals surface area contributed by atoms with Crippen LogP contribution in [0.3, 0.4) is 0 Å². The molecule has 11 heteroatoms. The van der Waals surface area contributed by atoms with Crippen LogP contribution in [0.4, 0.5) is 16.3 Å². The molecule has 2 atom stereocenters. The molecular weight excluding hydrogens is 425 g/mol. The molecule has 9 nitrogen and oxygen atoms in total. The van der Waals surface area contributed by atoms with Crippen LogP contribution in [-0.2, 0) is 16.4 Å². The van der Waals surface area contributed by atoms with Gasteiger partial charge in [-0.3, -0.25) is 4.72 Å². The van der Waals surface area contributed by atoms with E-state index < -0.39 is 15.8 Å². The van der Waals surface area contributed by atoms with Gasteiger partial charge in [0.15, 0.2) is 11.6 Å². The van der Waals surface area contributed by atoms with Crippen molar-refractivity contribution in [2.24, 2.45) is 5.92 Å². The summed E-state index contributed by atoms with van der Waals surface area (Å²) < 4.78 is 44.9. The number of sulfonamides is 1. The summed E-state index contributed by atoms with van der Waals surface area (Å²) >= 11 is 0. The van der Waals surface area contributed by atoms with E-state index in [1.165, 1.54) is 13.2 Å². The molecule has 2 rings (SSSR count). The van der Waals surface area contributed by atoms with Crippen LogP contribution in [-0.4, -0.2) is 54.5 Å². The SMILES string of the molecule is COc1c(F)cccc1C(C)Cc1nc(NC(CO)CC(C)C)nc(NS(C)(=O)=O)n1. The lowest BCUT2D eigenvalue weighted by atomic mass is 9.96. The number of aliphatic hydroxyl groups excluding tert-OH is 1. The molecule has 172 valence electrons. The molecule has 1 heterocycles. The molecule has 1 aromatic carbocycles. The van der Waals surface area contributed by atoms with Gasteiger partial charge in [-0.1, -0.05) is 32.9 Å². The molecule has 2 aromatic rings. The van der Waals surface area contributed by atoms with Crippen LogP contribution in [0, 0.1) is 11.7 Å². The second-order valence-electron chi connectivity index (χ2n) is 7.89. The van der Waals surface area contributed by atoms with Crippen LogP contribution < -0.4 is 14.8 Å². The number of benzene rings is 1. The summed E-state index contributed by atoms with van der Waals surface area (Å²) in [5.41, 5.74) is 0.642. The number of para-hydroxylation sites is 1. The number of rotatable bonds is 11. The highest BCUT2D eigenvalue weighted by molar-refractivity contribution is 7.91. The molecule has 0 spiro atoms. The Morgan fingerprint density at radius 2 is 1.84 bits per heavy atom. The van der Waals surface area contributed by atoms with Crippen molar-refractivity contribution in [1.82, 2.24) is 15.0 Å². The number of aliphatic hydroxyl groups is 1. The summed E-state index contributed by atoms with van der Waals surface area (Å²) in [5, 5.41) is 12.7. The van der Waals surface area contributed by atoms with Gasteiger partial charge in [0.1, 0.15) is 5.82 Å². The average molecular weight is 456 g/mol. The number of methoxy groups -OCH3 is 1. The topological polar surface area (TPSA) is 126 Å². The van der Waals surface area contributed by atoms with Crippen LogP contribution in [0.25, 0.3) is 0 Å². The summed E-state index contributed by atoms with van der Waals surface area (Å²) in [6, 6.07) is 4.37. The molecule has 1 aromatic heterocycles. The van der Waals surface area contributed by atoms with Gasteiger partial charge in [-0.2, -0.15) is 15.0 Å². The fourth-order valence-corrected chi connectivity index (χ4v) is 3.65. The molecule has 31 heavy (non-hydrogen) atoms. The predicted octanol–water partition coefficient (Wildman–Crippen LogP) is 2.56. The predicted molar refractivity (Wildman–Crippen MR) is 117 cm³/mol. The third kappa shape index (κ3) is 7.59. The number of hydrogen-bond donors (Lipinski definition) is 3. The van der Waals surface area contributed by atoms with E-state index in [1.54, 1.807) is 12.1 Å². The van der Waals surface area contributed by atoms with E-state index >= 15 is 0 Å². The van der Waals surface area contributed by atoms with E-state index in [0.29, 0.717) is 23.7 Å². The Labute approximate surface area is 182 Å². The van der Waals surface area contributed by atoms with E-state index in [2.05, 4.69) is 25.0 Å². The maximum atomic E-state index is 14.1. The van der Waals surface area contributed by atoms with Crippen molar-refractivity contribution in [1.29, 1.82) is 0 Å². The minimum Gasteiger partial charge on any atom is -0.493 e. The first-order valence-electron chi connectivity index (χ1n) is 9.94. The smallest absolute Gasteiger partial charge is 0.241 e. The normalized spacial score (nSPS) is 13.7. The number of nitrogens with zero attached hydrogens (tertiary/aromatic N) is 3. The molecule has 0 aliphatic heterocycles. The van der Waals surface area contributed by atoms with Crippen molar-refractivity contribution in [2.75, 3.05) is 30.0 Å². The lowest BCUT2D eigenvalue weighted by molar-refractivity contribution is 0.259.